The van der Waals surface area contributed by atoms with Crippen molar-refractivity contribution in [2.75, 3.05) is 0 Å². The molecule has 3 aromatic rings. The molecule has 1 N–H and O–H groups in total. The van der Waals surface area contributed by atoms with E-state index in [4.69, 9.17) is 16.0 Å². The monoisotopic (exact) mass is 344 g/mol. The Kier molecular flexibility index (Phi) is 4.96. The van der Waals surface area contributed by atoms with E-state index in [1.54, 1.807) is 16.8 Å². The highest BCUT2D eigenvalue weighted by atomic mass is 35.5. The van der Waals surface area contributed by atoms with Gasteiger partial charge in [0, 0.05) is 24.2 Å². The van der Waals surface area contributed by atoms with Gasteiger partial charge in [-0.3, -0.25) is 4.79 Å². The molecule has 1 amide bonds. The number of benzene rings is 1. The predicted molar refractivity (Wildman–Crippen MR) is 90.4 cm³/mol. The summed E-state index contributed by atoms with van der Waals surface area (Å²) in [5.41, 5.74) is 1.60. The van der Waals surface area contributed by atoms with E-state index in [0.717, 1.165) is 11.3 Å². The number of amides is 1. The zero-order valence-electron chi connectivity index (χ0n) is 13.2. The molecular weight excluding hydrogens is 328 g/mol. The van der Waals surface area contributed by atoms with Gasteiger partial charge in [0.15, 0.2) is 0 Å². The van der Waals surface area contributed by atoms with Crippen molar-refractivity contribution in [3.63, 3.8) is 0 Å². The van der Waals surface area contributed by atoms with Crippen molar-refractivity contribution >= 4 is 17.5 Å². The second-order valence-corrected chi connectivity index (χ2v) is 5.65. The summed E-state index contributed by atoms with van der Waals surface area (Å²) < 4.78 is 7.32. The molecule has 24 heavy (non-hydrogen) atoms. The second kappa shape index (κ2) is 7.31. The van der Waals surface area contributed by atoms with Crippen LogP contribution in [0.5, 0.6) is 0 Å². The van der Waals surface area contributed by atoms with Crippen molar-refractivity contribution in [1.82, 2.24) is 20.1 Å². The first kappa shape index (κ1) is 16.3. The number of hydrogen-bond acceptors (Lipinski definition) is 4. The first-order valence-electron chi connectivity index (χ1n) is 7.65. The van der Waals surface area contributed by atoms with Crippen LogP contribution in [0.1, 0.15) is 18.4 Å². The Balaban J connectivity index is 1.65. The van der Waals surface area contributed by atoms with Crippen molar-refractivity contribution in [3.05, 3.63) is 59.1 Å². The number of carbonyl (C=O) groups is 1. The van der Waals surface area contributed by atoms with Crippen LogP contribution in [-0.4, -0.2) is 20.7 Å². The van der Waals surface area contributed by atoms with Crippen molar-refractivity contribution in [2.24, 2.45) is 0 Å². The number of nitrogens with zero attached hydrogens (tertiary/aromatic N) is 3. The van der Waals surface area contributed by atoms with Crippen LogP contribution in [0.3, 0.4) is 0 Å². The van der Waals surface area contributed by atoms with Crippen LogP contribution in [0.2, 0.25) is 5.02 Å². The number of rotatable bonds is 6. The number of aromatic nitrogens is 3. The molecule has 0 aliphatic heterocycles. The highest BCUT2D eigenvalue weighted by molar-refractivity contribution is 6.31. The van der Waals surface area contributed by atoms with Crippen LogP contribution in [0.4, 0.5) is 0 Å². The van der Waals surface area contributed by atoms with Crippen molar-refractivity contribution in [1.29, 1.82) is 0 Å². The molecule has 0 spiro atoms. The van der Waals surface area contributed by atoms with Gasteiger partial charge in [-0.15, -0.1) is 10.2 Å². The molecule has 0 radical (unpaired) electrons. The molecule has 0 aliphatic rings. The Morgan fingerprint density at radius 1 is 1.25 bits per heavy atom. The van der Waals surface area contributed by atoms with E-state index in [2.05, 4.69) is 15.5 Å². The summed E-state index contributed by atoms with van der Waals surface area (Å²) in [5, 5.41) is 11.5. The molecule has 0 fully saturated rings. The third-order valence-corrected chi connectivity index (χ3v) is 3.93. The van der Waals surface area contributed by atoms with Crippen LogP contribution in [0.15, 0.2) is 47.0 Å². The summed E-state index contributed by atoms with van der Waals surface area (Å²) in [5.74, 6) is 0.860. The van der Waals surface area contributed by atoms with E-state index in [9.17, 15) is 4.79 Å². The maximum absolute atomic E-state index is 12.2. The van der Waals surface area contributed by atoms with Gasteiger partial charge >= 0.3 is 0 Å². The molecule has 2 aromatic heterocycles. The summed E-state index contributed by atoms with van der Waals surface area (Å²) in [6, 6.07) is 11.1. The van der Waals surface area contributed by atoms with Crippen molar-refractivity contribution in [3.8, 4) is 11.6 Å². The van der Waals surface area contributed by atoms with Crippen LogP contribution < -0.4 is 5.32 Å². The number of nitrogens with one attached hydrogen (secondary N) is 1. The van der Waals surface area contributed by atoms with Gasteiger partial charge in [-0.2, -0.15) is 0 Å². The minimum Gasteiger partial charge on any atom is -0.419 e. The number of halogens is 1. The molecule has 6 nitrogen and oxygen atoms in total. The van der Waals surface area contributed by atoms with Crippen molar-refractivity contribution in [2.45, 2.75) is 26.4 Å². The maximum atomic E-state index is 12.2. The third-order valence-electron chi connectivity index (χ3n) is 3.57. The van der Waals surface area contributed by atoms with Gasteiger partial charge in [0.2, 0.25) is 11.8 Å². The smallest absolute Gasteiger partial charge is 0.264 e. The number of carbonyl (C=O) groups excluding carboxylic acids is 1. The number of aryl methyl sites for hydroxylation is 1. The Labute approximate surface area is 144 Å². The quantitative estimate of drug-likeness (QED) is 0.745. The Bertz CT molecular complexity index is 840. The molecule has 0 atom stereocenters. The first-order valence-corrected chi connectivity index (χ1v) is 8.03. The van der Waals surface area contributed by atoms with E-state index in [-0.39, 0.29) is 12.5 Å². The fraction of sp³-hybridized carbons (Fsp3) is 0.235. The van der Waals surface area contributed by atoms with Gasteiger partial charge < -0.3 is 14.3 Å². The van der Waals surface area contributed by atoms with Gasteiger partial charge in [-0.25, -0.2) is 0 Å². The van der Waals surface area contributed by atoms with Gasteiger partial charge in [0.1, 0.15) is 12.2 Å². The molecule has 1 aromatic carbocycles. The van der Waals surface area contributed by atoms with Crippen LogP contribution in [0.25, 0.3) is 11.6 Å². The maximum Gasteiger partial charge on any atom is 0.264 e. The topological polar surface area (TPSA) is 73.0 Å². The van der Waals surface area contributed by atoms with E-state index in [1.165, 1.54) is 0 Å². The lowest BCUT2D eigenvalue weighted by atomic mass is 10.2. The largest absolute Gasteiger partial charge is 0.419 e. The van der Waals surface area contributed by atoms with Crippen LogP contribution in [-0.2, 0) is 24.3 Å². The average Bonchev–Trinajstić information content (AvgIpc) is 3.22. The fourth-order valence-corrected chi connectivity index (χ4v) is 2.49. The van der Waals surface area contributed by atoms with Gasteiger partial charge in [-0.05, 0) is 23.8 Å². The minimum absolute atomic E-state index is 0.123. The predicted octanol–water partition coefficient (Wildman–Crippen LogP) is 3.07. The molecule has 2 heterocycles. The molecule has 7 heteroatoms. The molecule has 0 unspecified atom stereocenters. The lowest BCUT2D eigenvalue weighted by Crippen LogP contribution is -2.27. The Morgan fingerprint density at radius 3 is 2.83 bits per heavy atom. The SMILES string of the molecule is CCc1nnc(-c2cccn2CC(=O)NCc2ccccc2Cl)o1. The first-order chi connectivity index (χ1) is 11.7. The average molecular weight is 345 g/mol. The van der Waals surface area contributed by atoms with Gasteiger partial charge in [0.05, 0.1) is 0 Å². The molecule has 0 saturated carbocycles. The molecule has 0 aliphatic carbocycles. The summed E-state index contributed by atoms with van der Waals surface area (Å²) in [7, 11) is 0. The summed E-state index contributed by atoms with van der Waals surface area (Å²) in [6.07, 6.45) is 2.48. The number of hydrogen-bond donors (Lipinski definition) is 1. The van der Waals surface area contributed by atoms with E-state index in [0.29, 0.717) is 29.8 Å². The summed E-state index contributed by atoms with van der Waals surface area (Å²) >= 11 is 6.09. The zero-order valence-corrected chi connectivity index (χ0v) is 14.0. The normalized spacial score (nSPS) is 10.8. The van der Waals surface area contributed by atoms with E-state index < -0.39 is 0 Å². The lowest BCUT2D eigenvalue weighted by molar-refractivity contribution is -0.121. The third kappa shape index (κ3) is 3.65. The minimum atomic E-state index is -0.123. The Morgan fingerprint density at radius 2 is 2.08 bits per heavy atom. The molecular formula is C17H17ClN4O2. The molecule has 124 valence electrons. The fourth-order valence-electron chi connectivity index (χ4n) is 2.29. The van der Waals surface area contributed by atoms with E-state index in [1.807, 2.05) is 37.3 Å². The molecule has 0 saturated heterocycles. The van der Waals surface area contributed by atoms with Crippen molar-refractivity contribution < 1.29 is 9.21 Å². The highest BCUT2D eigenvalue weighted by Gasteiger charge is 2.13. The van der Waals surface area contributed by atoms with Crippen LogP contribution in [0, 0.1) is 0 Å². The van der Waals surface area contributed by atoms with E-state index >= 15 is 0 Å². The lowest BCUT2D eigenvalue weighted by Gasteiger charge is -2.09. The van der Waals surface area contributed by atoms with Crippen LogP contribution >= 0.6 is 11.6 Å². The summed E-state index contributed by atoms with van der Waals surface area (Å²) in [4.78, 5) is 12.2. The van der Waals surface area contributed by atoms with Gasteiger partial charge in [0.25, 0.3) is 5.89 Å². The Hall–Kier alpha value is -2.60. The highest BCUT2D eigenvalue weighted by Crippen LogP contribution is 2.19. The standard InChI is InChI=1S/C17H17ClN4O2/c1-2-16-20-21-17(24-16)14-8-5-9-22(14)11-15(23)19-10-12-6-3-4-7-13(12)18/h3-9H,2,10-11H2,1H3,(H,19,23). The molecule has 3 rings (SSSR count). The van der Waals surface area contributed by atoms with Gasteiger partial charge in [-0.1, -0.05) is 36.7 Å². The zero-order chi connectivity index (χ0) is 16.9. The second-order valence-electron chi connectivity index (χ2n) is 5.24. The summed E-state index contributed by atoms with van der Waals surface area (Å²) in [6.45, 7) is 2.49. The molecule has 0 bridgehead atoms.